The molecule has 8 heteroatoms. The van der Waals surface area contributed by atoms with Crippen molar-refractivity contribution in [2.24, 2.45) is 0 Å². The zero-order valence-corrected chi connectivity index (χ0v) is 15.0. The summed E-state index contributed by atoms with van der Waals surface area (Å²) in [6, 6.07) is 15.3. The second-order valence-corrected chi connectivity index (χ2v) is 7.64. The molecule has 0 unspecified atom stereocenters. The zero-order chi connectivity index (χ0) is 17.9. The highest BCUT2D eigenvalue weighted by atomic mass is 35.5. The van der Waals surface area contributed by atoms with E-state index < -0.39 is 10.0 Å². The lowest BCUT2D eigenvalue weighted by molar-refractivity contribution is 0.321. The quantitative estimate of drug-likeness (QED) is 0.656. The van der Waals surface area contributed by atoms with Gasteiger partial charge in [0, 0.05) is 17.1 Å². The van der Waals surface area contributed by atoms with Gasteiger partial charge in [-0.3, -0.25) is 0 Å². The van der Waals surface area contributed by atoms with Crippen LogP contribution in [0.4, 0.5) is 0 Å². The van der Waals surface area contributed by atoms with E-state index in [0.29, 0.717) is 10.8 Å². The van der Waals surface area contributed by atoms with Gasteiger partial charge in [-0.2, -0.15) is 9.29 Å². The summed E-state index contributed by atoms with van der Waals surface area (Å²) in [4.78, 5) is 4.51. The summed E-state index contributed by atoms with van der Waals surface area (Å²) in [6.45, 7) is 2.06. The van der Waals surface area contributed by atoms with Gasteiger partial charge in [-0.25, -0.2) is 8.42 Å². The number of benzene rings is 2. The predicted molar refractivity (Wildman–Crippen MR) is 94.5 cm³/mol. The Morgan fingerprint density at radius 3 is 2.40 bits per heavy atom. The minimum Gasteiger partial charge on any atom is -0.338 e. The van der Waals surface area contributed by atoms with Crippen LogP contribution in [0.3, 0.4) is 0 Å². The second kappa shape index (κ2) is 7.35. The van der Waals surface area contributed by atoms with Crippen LogP contribution in [0.5, 0.6) is 0 Å². The minimum atomic E-state index is -3.62. The molecular weight excluding hydrogens is 362 g/mol. The number of rotatable bonds is 6. The maximum Gasteiger partial charge on any atom is 0.243 e. The SMILES string of the molecule is CCN(Cc1nc(-c2ccc(Cl)cc2)no1)S(=O)(=O)c1ccccc1. The average molecular weight is 378 g/mol. The lowest BCUT2D eigenvalue weighted by Gasteiger charge is -2.18. The van der Waals surface area contributed by atoms with Crippen LogP contribution in [0.2, 0.25) is 5.02 Å². The van der Waals surface area contributed by atoms with Crippen molar-refractivity contribution in [1.29, 1.82) is 0 Å². The van der Waals surface area contributed by atoms with Crippen molar-refractivity contribution >= 4 is 21.6 Å². The van der Waals surface area contributed by atoms with E-state index in [2.05, 4.69) is 10.1 Å². The number of hydrogen-bond acceptors (Lipinski definition) is 5. The smallest absolute Gasteiger partial charge is 0.243 e. The van der Waals surface area contributed by atoms with Crippen molar-refractivity contribution in [2.75, 3.05) is 6.54 Å². The Morgan fingerprint density at radius 2 is 1.76 bits per heavy atom. The van der Waals surface area contributed by atoms with Crippen molar-refractivity contribution in [3.63, 3.8) is 0 Å². The molecular formula is C17H16ClN3O3S. The summed E-state index contributed by atoms with van der Waals surface area (Å²) in [5, 5.41) is 4.52. The van der Waals surface area contributed by atoms with E-state index in [1.165, 1.54) is 4.31 Å². The Hall–Kier alpha value is -2.22. The summed E-state index contributed by atoms with van der Waals surface area (Å²) in [5.74, 6) is 0.617. The third-order valence-electron chi connectivity index (χ3n) is 3.62. The molecule has 0 amide bonds. The molecule has 2 aromatic carbocycles. The summed E-state index contributed by atoms with van der Waals surface area (Å²) in [7, 11) is -3.62. The van der Waals surface area contributed by atoms with Gasteiger partial charge in [-0.1, -0.05) is 41.9 Å². The fraction of sp³-hybridized carbons (Fsp3) is 0.176. The first-order valence-corrected chi connectivity index (χ1v) is 9.46. The highest BCUT2D eigenvalue weighted by molar-refractivity contribution is 7.89. The van der Waals surface area contributed by atoms with Crippen molar-refractivity contribution in [3.05, 3.63) is 65.5 Å². The molecule has 0 N–H and O–H groups in total. The first-order valence-electron chi connectivity index (χ1n) is 7.64. The van der Waals surface area contributed by atoms with Gasteiger partial charge in [0.25, 0.3) is 0 Å². The van der Waals surface area contributed by atoms with E-state index in [1.807, 2.05) is 0 Å². The van der Waals surface area contributed by atoms with E-state index >= 15 is 0 Å². The summed E-state index contributed by atoms with van der Waals surface area (Å²) in [6.07, 6.45) is 0. The van der Waals surface area contributed by atoms with Gasteiger partial charge in [0.2, 0.25) is 21.7 Å². The third-order valence-corrected chi connectivity index (χ3v) is 5.80. The average Bonchev–Trinajstić information content (AvgIpc) is 3.09. The minimum absolute atomic E-state index is 0.00825. The lowest BCUT2D eigenvalue weighted by Crippen LogP contribution is -2.30. The maximum atomic E-state index is 12.7. The largest absolute Gasteiger partial charge is 0.338 e. The Morgan fingerprint density at radius 1 is 1.08 bits per heavy atom. The molecule has 3 rings (SSSR count). The molecule has 0 fully saturated rings. The van der Waals surface area contributed by atoms with E-state index in [1.54, 1.807) is 61.5 Å². The normalized spacial score (nSPS) is 11.8. The molecule has 6 nitrogen and oxygen atoms in total. The van der Waals surface area contributed by atoms with Crippen LogP contribution in [0.15, 0.2) is 64.0 Å². The molecule has 1 aromatic heterocycles. The van der Waals surface area contributed by atoms with Crippen molar-refractivity contribution in [3.8, 4) is 11.4 Å². The fourth-order valence-electron chi connectivity index (χ4n) is 2.29. The van der Waals surface area contributed by atoms with Crippen LogP contribution in [0, 0.1) is 0 Å². The van der Waals surface area contributed by atoms with Crippen molar-refractivity contribution < 1.29 is 12.9 Å². The fourth-order valence-corrected chi connectivity index (χ4v) is 3.84. The molecule has 0 bridgehead atoms. The number of aromatic nitrogens is 2. The van der Waals surface area contributed by atoms with Crippen molar-refractivity contribution in [1.82, 2.24) is 14.4 Å². The van der Waals surface area contributed by atoms with E-state index in [0.717, 1.165) is 5.56 Å². The molecule has 0 aliphatic carbocycles. The van der Waals surface area contributed by atoms with Crippen LogP contribution >= 0.6 is 11.6 Å². The molecule has 0 saturated heterocycles. The van der Waals surface area contributed by atoms with E-state index in [4.69, 9.17) is 16.1 Å². The van der Waals surface area contributed by atoms with Gasteiger partial charge in [0.1, 0.15) is 0 Å². The van der Waals surface area contributed by atoms with Crippen molar-refractivity contribution in [2.45, 2.75) is 18.4 Å². The highest BCUT2D eigenvalue weighted by Gasteiger charge is 2.25. The van der Waals surface area contributed by atoms with Crippen LogP contribution in [0.25, 0.3) is 11.4 Å². The Balaban J connectivity index is 1.82. The van der Waals surface area contributed by atoms with Gasteiger partial charge in [0.15, 0.2) is 0 Å². The van der Waals surface area contributed by atoms with Crippen LogP contribution in [0.1, 0.15) is 12.8 Å². The predicted octanol–water partition coefficient (Wildman–Crippen LogP) is 3.60. The standard InChI is InChI=1S/C17H16ClN3O3S/c1-2-21(25(22,23)15-6-4-3-5-7-15)12-16-19-17(20-24-16)13-8-10-14(18)11-9-13/h3-11H,2,12H2,1H3. The maximum absolute atomic E-state index is 12.7. The van der Waals surface area contributed by atoms with Crippen LogP contribution in [-0.4, -0.2) is 29.4 Å². The Labute approximate surface area is 151 Å². The third kappa shape index (κ3) is 3.89. The summed E-state index contributed by atoms with van der Waals surface area (Å²) < 4.78 is 31.9. The zero-order valence-electron chi connectivity index (χ0n) is 13.5. The molecule has 0 aliphatic heterocycles. The topological polar surface area (TPSA) is 76.3 Å². The van der Waals surface area contributed by atoms with Gasteiger partial charge >= 0.3 is 0 Å². The lowest BCUT2D eigenvalue weighted by atomic mass is 10.2. The van der Waals surface area contributed by atoms with E-state index in [-0.39, 0.29) is 23.9 Å². The van der Waals surface area contributed by atoms with Gasteiger partial charge in [0.05, 0.1) is 11.4 Å². The highest BCUT2D eigenvalue weighted by Crippen LogP contribution is 2.21. The molecule has 0 atom stereocenters. The molecule has 0 spiro atoms. The van der Waals surface area contributed by atoms with Crippen LogP contribution in [-0.2, 0) is 16.6 Å². The summed E-state index contributed by atoms with van der Waals surface area (Å²) >= 11 is 5.86. The van der Waals surface area contributed by atoms with Gasteiger partial charge in [-0.15, -0.1) is 0 Å². The number of sulfonamides is 1. The monoisotopic (exact) mass is 377 g/mol. The Bertz CT molecular complexity index is 941. The van der Waals surface area contributed by atoms with Gasteiger partial charge in [-0.05, 0) is 36.4 Å². The molecule has 0 saturated carbocycles. The molecule has 130 valence electrons. The molecule has 25 heavy (non-hydrogen) atoms. The summed E-state index contributed by atoms with van der Waals surface area (Å²) in [5.41, 5.74) is 0.744. The Kier molecular flexibility index (Phi) is 5.17. The molecule has 0 aliphatic rings. The first-order chi connectivity index (χ1) is 12.0. The van der Waals surface area contributed by atoms with Gasteiger partial charge < -0.3 is 4.52 Å². The van der Waals surface area contributed by atoms with Crippen LogP contribution < -0.4 is 0 Å². The van der Waals surface area contributed by atoms with E-state index in [9.17, 15) is 8.42 Å². The number of hydrogen-bond donors (Lipinski definition) is 0. The number of nitrogens with zero attached hydrogens (tertiary/aromatic N) is 3. The first kappa shape index (κ1) is 17.6. The second-order valence-electron chi connectivity index (χ2n) is 5.26. The molecule has 3 aromatic rings. The molecule has 0 radical (unpaired) electrons. The number of halogens is 1. The molecule has 1 heterocycles.